The van der Waals surface area contributed by atoms with Crippen LogP contribution in [-0.4, -0.2) is 77.3 Å². The van der Waals surface area contributed by atoms with E-state index in [1.54, 1.807) is 4.90 Å². The van der Waals surface area contributed by atoms with Crippen LogP contribution in [0.25, 0.3) is 0 Å². The van der Waals surface area contributed by atoms with Gasteiger partial charge in [0.25, 0.3) is 5.91 Å². The van der Waals surface area contributed by atoms with Crippen LogP contribution in [0.3, 0.4) is 0 Å². The van der Waals surface area contributed by atoms with Gasteiger partial charge in [-0.05, 0) is 19.4 Å². The van der Waals surface area contributed by atoms with E-state index in [1.807, 2.05) is 74.5 Å². The van der Waals surface area contributed by atoms with Gasteiger partial charge in [-0.25, -0.2) is 0 Å². The van der Waals surface area contributed by atoms with E-state index in [1.165, 1.54) is 0 Å². The molecule has 2 aliphatic rings. The van der Waals surface area contributed by atoms with Crippen molar-refractivity contribution in [3.05, 3.63) is 71.8 Å². The monoisotopic (exact) mass is 471 g/mol. The number of hydrogen-bond acceptors (Lipinski definition) is 7. The highest BCUT2D eigenvalue weighted by molar-refractivity contribution is 5.84. The maximum atomic E-state index is 12.7. The second-order valence-corrected chi connectivity index (χ2v) is 8.53. The number of likely N-dealkylation sites (N-methyl/N-ethyl adjacent to an activating group) is 1. The molecule has 2 aromatic carbocycles. The predicted molar refractivity (Wildman–Crippen MR) is 124 cm³/mol. The molecule has 0 aliphatic carbocycles. The van der Waals surface area contributed by atoms with Crippen LogP contribution in [0.4, 0.5) is 0 Å². The first kappa shape index (κ1) is 24.8. The summed E-state index contributed by atoms with van der Waals surface area (Å²) in [6, 6.07) is 18.9. The summed E-state index contributed by atoms with van der Waals surface area (Å²) in [6.45, 7) is 5.15. The van der Waals surface area contributed by atoms with E-state index in [4.69, 9.17) is 18.9 Å². The van der Waals surface area contributed by atoms with Crippen LogP contribution < -0.4 is 0 Å². The summed E-state index contributed by atoms with van der Waals surface area (Å²) in [5.74, 6) is -0.161. The molecule has 0 unspecified atom stereocenters. The molecule has 0 bridgehead atoms. The number of aliphatic hydroxyl groups is 2. The first-order valence-electron chi connectivity index (χ1n) is 11.8. The number of aliphatic hydroxyl groups excluding tert-OH is 2. The van der Waals surface area contributed by atoms with E-state index in [9.17, 15) is 15.0 Å². The lowest BCUT2D eigenvalue weighted by Crippen LogP contribution is -2.54. The molecule has 184 valence electrons. The topological polar surface area (TPSA) is 101 Å². The molecular formula is C26H33NO7. The molecule has 2 heterocycles. The zero-order valence-electron chi connectivity index (χ0n) is 19.5. The Labute approximate surface area is 200 Å². The molecular weight excluding hydrogens is 438 g/mol. The van der Waals surface area contributed by atoms with Crippen LogP contribution >= 0.6 is 0 Å². The average molecular weight is 472 g/mol. The van der Waals surface area contributed by atoms with Gasteiger partial charge in [-0.2, -0.15) is 0 Å². The lowest BCUT2D eigenvalue weighted by molar-refractivity contribution is -0.290. The number of nitrogens with zero attached hydrogens (tertiary/aromatic N) is 1. The number of hydrogen-bond donors (Lipinski definition) is 2. The van der Waals surface area contributed by atoms with E-state index < -0.39 is 42.9 Å². The van der Waals surface area contributed by atoms with Crippen molar-refractivity contribution in [2.24, 2.45) is 0 Å². The summed E-state index contributed by atoms with van der Waals surface area (Å²) in [5, 5.41) is 22.0. The number of rotatable bonds is 10. The molecule has 8 nitrogen and oxygen atoms in total. The molecule has 34 heavy (non-hydrogen) atoms. The second kappa shape index (κ2) is 11.4. The highest BCUT2D eigenvalue weighted by Crippen LogP contribution is 2.35. The average Bonchev–Trinajstić information content (AvgIpc) is 3.68. The van der Waals surface area contributed by atoms with Gasteiger partial charge < -0.3 is 34.1 Å². The van der Waals surface area contributed by atoms with Crippen LogP contribution in [0.2, 0.25) is 0 Å². The van der Waals surface area contributed by atoms with Crippen molar-refractivity contribution in [2.45, 2.75) is 63.4 Å². The summed E-state index contributed by atoms with van der Waals surface area (Å²) in [5.41, 5.74) is 1.71. The van der Waals surface area contributed by atoms with Crippen LogP contribution in [0.1, 0.15) is 31.3 Å². The summed E-state index contributed by atoms with van der Waals surface area (Å²) < 4.78 is 23.5. The summed E-state index contributed by atoms with van der Waals surface area (Å²) in [6.07, 6.45) is -6.20. The molecule has 0 spiro atoms. The molecule has 1 amide bonds. The van der Waals surface area contributed by atoms with Gasteiger partial charge >= 0.3 is 0 Å². The third-order valence-corrected chi connectivity index (χ3v) is 6.28. The largest absolute Gasteiger partial charge is 0.388 e. The van der Waals surface area contributed by atoms with Gasteiger partial charge in [-0.15, -0.1) is 0 Å². The Kier molecular flexibility index (Phi) is 8.31. The fourth-order valence-electron chi connectivity index (χ4n) is 4.27. The van der Waals surface area contributed by atoms with Crippen molar-refractivity contribution in [3.8, 4) is 0 Å². The van der Waals surface area contributed by atoms with E-state index >= 15 is 0 Å². The number of carbonyl (C=O) groups excluding carboxylic acids is 1. The van der Waals surface area contributed by atoms with E-state index in [2.05, 4.69) is 0 Å². The van der Waals surface area contributed by atoms with E-state index in [0.29, 0.717) is 13.1 Å². The van der Waals surface area contributed by atoms with Gasteiger partial charge in [0, 0.05) is 18.7 Å². The molecule has 7 atom stereocenters. The molecule has 2 aliphatic heterocycles. The Bertz CT molecular complexity index is 908. The molecule has 0 saturated carbocycles. The minimum absolute atomic E-state index is 0.0233. The van der Waals surface area contributed by atoms with Gasteiger partial charge in [0.15, 0.2) is 12.4 Å². The molecule has 0 radical (unpaired) electrons. The van der Waals surface area contributed by atoms with Crippen molar-refractivity contribution in [1.29, 1.82) is 0 Å². The van der Waals surface area contributed by atoms with Crippen molar-refractivity contribution < 1.29 is 34.0 Å². The minimum atomic E-state index is -1.18. The van der Waals surface area contributed by atoms with Crippen LogP contribution in [-0.2, 0) is 30.3 Å². The molecule has 4 rings (SSSR count). The first-order valence-corrected chi connectivity index (χ1v) is 11.8. The quantitative estimate of drug-likeness (QED) is 0.512. The van der Waals surface area contributed by atoms with Crippen LogP contribution in [0.15, 0.2) is 60.7 Å². The SMILES string of the molecule is CCN(CC)C(=O)[C@H]1O[C@@H]1[C@H](O)[C@@H](OCc1ccccc1)[C@@H]1O[C@H](c2ccccc2)OC[C@H]1O. The van der Waals surface area contributed by atoms with Crippen molar-refractivity contribution in [2.75, 3.05) is 19.7 Å². The third-order valence-electron chi connectivity index (χ3n) is 6.28. The van der Waals surface area contributed by atoms with E-state index in [0.717, 1.165) is 11.1 Å². The normalized spacial score (nSPS) is 28.2. The first-order chi connectivity index (χ1) is 16.5. The Hall–Kier alpha value is -2.33. The number of ether oxygens (including phenoxy) is 4. The second-order valence-electron chi connectivity index (χ2n) is 8.53. The smallest absolute Gasteiger partial charge is 0.254 e. The zero-order valence-corrected chi connectivity index (χ0v) is 19.5. The summed E-state index contributed by atoms with van der Waals surface area (Å²) >= 11 is 0. The molecule has 2 N–H and O–H groups in total. The van der Waals surface area contributed by atoms with Crippen LogP contribution in [0, 0.1) is 0 Å². The highest BCUT2D eigenvalue weighted by Gasteiger charge is 2.55. The fourth-order valence-corrected chi connectivity index (χ4v) is 4.27. The Morgan fingerprint density at radius 2 is 1.68 bits per heavy atom. The summed E-state index contributed by atoms with van der Waals surface area (Å²) in [4.78, 5) is 14.4. The Balaban J connectivity index is 1.52. The van der Waals surface area contributed by atoms with Crippen LogP contribution in [0.5, 0.6) is 0 Å². The zero-order chi connectivity index (χ0) is 24.1. The van der Waals surface area contributed by atoms with Gasteiger partial charge in [-0.3, -0.25) is 4.79 Å². The number of epoxide rings is 1. The van der Waals surface area contributed by atoms with Crippen molar-refractivity contribution in [1.82, 2.24) is 4.90 Å². The third kappa shape index (κ3) is 5.66. The summed E-state index contributed by atoms with van der Waals surface area (Å²) in [7, 11) is 0. The highest BCUT2D eigenvalue weighted by atomic mass is 16.7. The predicted octanol–water partition coefficient (Wildman–Crippen LogP) is 2.04. The van der Waals surface area contributed by atoms with Crippen molar-refractivity contribution >= 4 is 5.91 Å². The van der Waals surface area contributed by atoms with Gasteiger partial charge in [0.1, 0.15) is 30.5 Å². The van der Waals surface area contributed by atoms with Gasteiger partial charge in [0.2, 0.25) is 0 Å². The number of benzene rings is 2. The maximum Gasteiger partial charge on any atom is 0.254 e. The Morgan fingerprint density at radius 3 is 2.32 bits per heavy atom. The lowest BCUT2D eigenvalue weighted by Gasteiger charge is -2.39. The fraction of sp³-hybridized carbons (Fsp3) is 0.500. The van der Waals surface area contributed by atoms with Gasteiger partial charge in [0.05, 0.1) is 13.2 Å². The molecule has 2 aromatic rings. The van der Waals surface area contributed by atoms with Crippen molar-refractivity contribution in [3.63, 3.8) is 0 Å². The maximum absolute atomic E-state index is 12.7. The minimum Gasteiger partial charge on any atom is -0.388 e. The lowest BCUT2D eigenvalue weighted by atomic mass is 9.97. The molecule has 8 heteroatoms. The van der Waals surface area contributed by atoms with Gasteiger partial charge in [-0.1, -0.05) is 60.7 Å². The number of carbonyl (C=O) groups is 1. The molecule has 2 fully saturated rings. The standard InChI is InChI=1S/C26H33NO7/c1-3-27(4-2)25(30)24-23(33-24)20(29)22(31-15-17-11-7-5-8-12-17)21-19(28)16-32-26(34-21)18-13-9-6-10-14-18/h5-14,19-24,26,28-29H,3-4,15-16H2,1-2H3/t19-,20-,21-,22-,23-,24+,26-/m1/s1. The number of amides is 1. The molecule has 0 aromatic heterocycles. The van der Waals surface area contributed by atoms with E-state index in [-0.39, 0.29) is 19.1 Å². The molecule has 2 saturated heterocycles. The Morgan fingerprint density at radius 1 is 1.03 bits per heavy atom.